The number of carbonyl (C=O) groups excluding carboxylic acids is 1. The summed E-state index contributed by atoms with van der Waals surface area (Å²) in [7, 11) is 0. The van der Waals surface area contributed by atoms with Crippen molar-refractivity contribution in [1.29, 1.82) is 0 Å². The first-order valence-corrected chi connectivity index (χ1v) is 7.11. The van der Waals surface area contributed by atoms with Crippen LogP contribution < -0.4 is 5.32 Å². The predicted molar refractivity (Wildman–Crippen MR) is 78.0 cm³/mol. The fourth-order valence-corrected chi connectivity index (χ4v) is 2.80. The van der Waals surface area contributed by atoms with Gasteiger partial charge in [-0.2, -0.15) is 0 Å². The van der Waals surface area contributed by atoms with Gasteiger partial charge >= 0.3 is 0 Å². The molecule has 1 aromatic carbocycles. The third kappa shape index (κ3) is 3.34. The summed E-state index contributed by atoms with van der Waals surface area (Å²) < 4.78 is 13.9. The first kappa shape index (κ1) is 13.6. The Labute approximate surface area is 120 Å². The van der Waals surface area contributed by atoms with E-state index in [-0.39, 0.29) is 11.7 Å². The van der Waals surface area contributed by atoms with Gasteiger partial charge in [0.15, 0.2) is 0 Å². The molecule has 0 radical (unpaired) electrons. The number of carbonyl (C=O) groups is 1. The monoisotopic (exact) mass is 362 g/mol. The molecule has 0 bridgehead atoms. The Morgan fingerprint density at radius 2 is 2.11 bits per heavy atom. The minimum atomic E-state index is -0.212. The number of nitrogens with zero attached hydrogens (tertiary/aromatic N) is 1. The largest absolute Gasteiger partial charge is 0.381 e. The van der Waals surface area contributed by atoms with Gasteiger partial charge in [-0.3, -0.25) is 4.79 Å². The van der Waals surface area contributed by atoms with Gasteiger partial charge < -0.3 is 10.2 Å². The van der Waals surface area contributed by atoms with Crippen molar-refractivity contribution in [2.45, 2.75) is 25.8 Å². The molecule has 3 nitrogen and oxygen atoms in total. The number of amides is 1. The molecule has 98 valence electrons. The van der Waals surface area contributed by atoms with E-state index in [2.05, 4.69) is 27.9 Å². The molecule has 0 atom stereocenters. The Hall–Kier alpha value is -0.850. The van der Waals surface area contributed by atoms with E-state index in [0.717, 1.165) is 35.2 Å². The number of anilines is 1. The summed E-state index contributed by atoms with van der Waals surface area (Å²) in [5.41, 5.74) is 0.971. The van der Waals surface area contributed by atoms with E-state index in [1.807, 2.05) is 4.90 Å². The Balaban J connectivity index is 1.93. The molecule has 0 unspecified atom stereocenters. The van der Waals surface area contributed by atoms with Gasteiger partial charge in [0.05, 0.1) is 0 Å². The lowest BCUT2D eigenvalue weighted by Crippen LogP contribution is -2.41. The van der Waals surface area contributed by atoms with E-state index in [1.54, 1.807) is 13.0 Å². The molecular weight excluding hydrogens is 346 g/mol. The molecule has 1 N–H and O–H groups in total. The average molecular weight is 362 g/mol. The Kier molecular flexibility index (Phi) is 4.42. The summed E-state index contributed by atoms with van der Waals surface area (Å²) in [4.78, 5) is 13.1. The zero-order valence-corrected chi connectivity index (χ0v) is 12.4. The highest BCUT2D eigenvalue weighted by Crippen LogP contribution is 2.22. The topological polar surface area (TPSA) is 32.3 Å². The smallest absolute Gasteiger partial charge is 0.219 e. The van der Waals surface area contributed by atoms with Crippen LogP contribution in [0, 0.1) is 9.39 Å². The van der Waals surface area contributed by atoms with E-state index in [0.29, 0.717) is 6.04 Å². The zero-order valence-electron chi connectivity index (χ0n) is 10.2. The van der Waals surface area contributed by atoms with Crippen LogP contribution in [0.2, 0.25) is 0 Å². The molecule has 1 aliphatic heterocycles. The maximum absolute atomic E-state index is 13.0. The summed E-state index contributed by atoms with van der Waals surface area (Å²) in [5.74, 6) is -0.0684. The van der Waals surface area contributed by atoms with Crippen LogP contribution in [0.15, 0.2) is 18.2 Å². The van der Waals surface area contributed by atoms with Gasteiger partial charge in [0.1, 0.15) is 5.82 Å². The highest BCUT2D eigenvalue weighted by Gasteiger charge is 2.20. The quantitative estimate of drug-likeness (QED) is 0.821. The molecule has 2 rings (SSSR count). The van der Waals surface area contributed by atoms with Crippen molar-refractivity contribution in [2.24, 2.45) is 0 Å². The van der Waals surface area contributed by atoms with Gasteiger partial charge in [-0.05, 0) is 53.6 Å². The van der Waals surface area contributed by atoms with E-state index < -0.39 is 0 Å². The maximum atomic E-state index is 13.0. The van der Waals surface area contributed by atoms with E-state index in [9.17, 15) is 9.18 Å². The highest BCUT2D eigenvalue weighted by molar-refractivity contribution is 14.1. The fourth-order valence-electron chi connectivity index (χ4n) is 2.17. The zero-order chi connectivity index (χ0) is 13.1. The third-order valence-electron chi connectivity index (χ3n) is 3.23. The first-order valence-electron chi connectivity index (χ1n) is 6.03. The van der Waals surface area contributed by atoms with Gasteiger partial charge in [0, 0.05) is 35.3 Å². The Morgan fingerprint density at radius 3 is 2.67 bits per heavy atom. The van der Waals surface area contributed by atoms with Crippen LogP contribution in [0.4, 0.5) is 10.1 Å². The van der Waals surface area contributed by atoms with E-state index >= 15 is 0 Å². The van der Waals surface area contributed by atoms with Gasteiger partial charge in [-0.15, -0.1) is 0 Å². The maximum Gasteiger partial charge on any atom is 0.219 e. The number of benzene rings is 1. The van der Waals surface area contributed by atoms with E-state index in [4.69, 9.17) is 0 Å². The molecule has 18 heavy (non-hydrogen) atoms. The van der Waals surface area contributed by atoms with Crippen molar-refractivity contribution in [1.82, 2.24) is 4.90 Å². The number of hydrogen-bond donors (Lipinski definition) is 1. The van der Waals surface area contributed by atoms with Gasteiger partial charge in [0.2, 0.25) is 5.91 Å². The molecule has 0 saturated carbocycles. The summed E-state index contributed by atoms with van der Waals surface area (Å²) in [6, 6.07) is 5.12. The van der Waals surface area contributed by atoms with Crippen molar-refractivity contribution in [3.05, 3.63) is 27.6 Å². The second kappa shape index (κ2) is 5.86. The summed E-state index contributed by atoms with van der Waals surface area (Å²) in [6.07, 6.45) is 1.88. The number of likely N-dealkylation sites (tertiary alicyclic amines) is 1. The number of hydrogen-bond acceptors (Lipinski definition) is 2. The lowest BCUT2D eigenvalue weighted by molar-refractivity contribution is -0.129. The average Bonchev–Trinajstić information content (AvgIpc) is 2.33. The second-order valence-electron chi connectivity index (χ2n) is 4.55. The Bertz CT molecular complexity index is 445. The molecule has 5 heteroatoms. The SMILES string of the molecule is CC(=O)N1CCC(Nc2ccc(F)cc2I)CC1. The van der Waals surface area contributed by atoms with Crippen LogP contribution in [-0.4, -0.2) is 29.9 Å². The Morgan fingerprint density at radius 1 is 1.44 bits per heavy atom. The molecule has 1 heterocycles. The molecule has 0 spiro atoms. The third-order valence-corrected chi connectivity index (χ3v) is 4.12. The van der Waals surface area contributed by atoms with E-state index in [1.165, 1.54) is 12.1 Å². The number of rotatable bonds is 2. The lowest BCUT2D eigenvalue weighted by atomic mass is 10.0. The summed E-state index contributed by atoms with van der Waals surface area (Å²) in [6.45, 7) is 3.20. The van der Waals surface area contributed by atoms with Crippen LogP contribution in [-0.2, 0) is 4.79 Å². The lowest BCUT2D eigenvalue weighted by Gasteiger charge is -2.32. The molecule has 1 aromatic rings. The standard InChI is InChI=1S/C13H16FIN2O/c1-9(18)17-6-4-11(5-7-17)16-13-3-2-10(14)8-12(13)15/h2-3,8,11,16H,4-7H2,1H3. The van der Waals surface area contributed by atoms with Crippen LogP contribution in [0.3, 0.4) is 0 Å². The molecule has 0 aromatic heterocycles. The van der Waals surface area contributed by atoms with Crippen molar-refractivity contribution in [3.63, 3.8) is 0 Å². The molecule has 1 saturated heterocycles. The second-order valence-corrected chi connectivity index (χ2v) is 5.71. The van der Waals surface area contributed by atoms with Crippen molar-refractivity contribution in [2.75, 3.05) is 18.4 Å². The first-order chi connectivity index (χ1) is 8.56. The van der Waals surface area contributed by atoms with Crippen LogP contribution in [0.1, 0.15) is 19.8 Å². The van der Waals surface area contributed by atoms with Crippen molar-refractivity contribution < 1.29 is 9.18 Å². The molecule has 1 fully saturated rings. The predicted octanol–water partition coefficient (Wildman–Crippen LogP) is 2.85. The van der Waals surface area contributed by atoms with Gasteiger partial charge in [-0.1, -0.05) is 0 Å². The minimum absolute atomic E-state index is 0.143. The number of piperidine rings is 1. The van der Waals surface area contributed by atoms with Gasteiger partial charge in [0.25, 0.3) is 0 Å². The number of nitrogens with one attached hydrogen (secondary N) is 1. The van der Waals surface area contributed by atoms with Crippen LogP contribution >= 0.6 is 22.6 Å². The minimum Gasteiger partial charge on any atom is -0.381 e. The normalized spacial score (nSPS) is 16.7. The van der Waals surface area contributed by atoms with Crippen LogP contribution in [0.5, 0.6) is 0 Å². The van der Waals surface area contributed by atoms with Crippen LogP contribution in [0.25, 0.3) is 0 Å². The molecule has 1 amide bonds. The van der Waals surface area contributed by atoms with Gasteiger partial charge in [-0.25, -0.2) is 4.39 Å². The van der Waals surface area contributed by atoms with Crippen molar-refractivity contribution >= 4 is 34.2 Å². The summed E-state index contributed by atoms with van der Waals surface area (Å²) in [5, 5.41) is 3.42. The number of halogens is 2. The summed E-state index contributed by atoms with van der Waals surface area (Å²) >= 11 is 2.13. The molecular formula is C13H16FIN2O. The van der Waals surface area contributed by atoms with Crippen molar-refractivity contribution in [3.8, 4) is 0 Å². The fraction of sp³-hybridized carbons (Fsp3) is 0.462. The molecule has 0 aliphatic carbocycles. The highest BCUT2D eigenvalue weighted by atomic mass is 127. The molecule has 1 aliphatic rings.